The molecule has 1 aromatic carbocycles. The number of nitrogens with two attached hydrogens (primary N) is 1. The predicted molar refractivity (Wildman–Crippen MR) is 84.5 cm³/mol. The number of ether oxygens (including phenoxy) is 2. The molecular formula is C17H27NO3. The van der Waals surface area contributed by atoms with Crippen molar-refractivity contribution in [3.8, 4) is 5.75 Å². The summed E-state index contributed by atoms with van der Waals surface area (Å²) in [6, 6.07) is 8.00. The van der Waals surface area contributed by atoms with Crippen LogP contribution in [0, 0.1) is 0 Å². The Bertz CT molecular complexity index is 457. The van der Waals surface area contributed by atoms with E-state index in [1.165, 1.54) is 5.56 Å². The van der Waals surface area contributed by atoms with Crippen molar-refractivity contribution in [2.45, 2.75) is 52.0 Å². The first kappa shape index (κ1) is 17.5. The third kappa shape index (κ3) is 5.05. The van der Waals surface area contributed by atoms with Gasteiger partial charge in [0.15, 0.2) is 0 Å². The van der Waals surface area contributed by atoms with Gasteiger partial charge in [-0.1, -0.05) is 32.0 Å². The van der Waals surface area contributed by atoms with Gasteiger partial charge in [-0.2, -0.15) is 0 Å². The Morgan fingerprint density at radius 1 is 1.33 bits per heavy atom. The van der Waals surface area contributed by atoms with Crippen LogP contribution < -0.4 is 10.5 Å². The maximum Gasteiger partial charge on any atom is 0.325 e. The molecule has 2 atom stereocenters. The highest BCUT2D eigenvalue weighted by Crippen LogP contribution is 2.28. The average Bonchev–Trinajstić information content (AvgIpc) is 2.47. The molecule has 0 amide bonds. The second-order valence-corrected chi connectivity index (χ2v) is 5.58. The molecule has 0 fully saturated rings. The fraction of sp³-hybridized carbons (Fsp3) is 0.588. The van der Waals surface area contributed by atoms with Crippen LogP contribution in [0.3, 0.4) is 0 Å². The highest BCUT2D eigenvalue weighted by Gasteiger charge is 2.29. The van der Waals surface area contributed by atoms with Crippen LogP contribution in [0.4, 0.5) is 0 Å². The fourth-order valence-electron chi connectivity index (χ4n) is 2.01. The van der Waals surface area contributed by atoms with Crippen LogP contribution in [-0.2, 0) is 9.53 Å². The second-order valence-electron chi connectivity index (χ2n) is 5.58. The molecule has 0 saturated heterocycles. The van der Waals surface area contributed by atoms with Crippen LogP contribution in [0.5, 0.6) is 5.75 Å². The minimum Gasteiger partial charge on any atom is -0.493 e. The average molecular weight is 293 g/mol. The lowest BCUT2D eigenvalue weighted by atomic mass is 9.97. The molecule has 2 unspecified atom stereocenters. The monoisotopic (exact) mass is 293 g/mol. The molecule has 4 nitrogen and oxygen atoms in total. The lowest BCUT2D eigenvalue weighted by molar-refractivity contribution is -0.149. The summed E-state index contributed by atoms with van der Waals surface area (Å²) in [4.78, 5) is 11.7. The Balaban J connectivity index is 2.62. The quantitative estimate of drug-likeness (QED) is 0.747. The van der Waals surface area contributed by atoms with Crippen molar-refractivity contribution in [1.82, 2.24) is 0 Å². The molecule has 0 spiro atoms. The van der Waals surface area contributed by atoms with Crippen molar-refractivity contribution in [2.24, 2.45) is 5.73 Å². The molecule has 2 N–H and O–H groups in total. The third-order valence-electron chi connectivity index (χ3n) is 3.68. The summed E-state index contributed by atoms with van der Waals surface area (Å²) in [5.74, 6) is 0.922. The van der Waals surface area contributed by atoms with Gasteiger partial charge in [0.05, 0.1) is 13.2 Å². The Morgan fingerprint density at radius 2 is 2.00 bits per heavy atom. The molecule has 4 heteroatoms. The molecule has 0 bridgehead atoms. The predicted octanol–water partition coefficient (Wildman–Crippen LogP) is 3.25. The van der Waals surface area contributed by atoms with Gasteiger partial charge in [0.2, 0.25) is 0 Å². The highest BCUT2D eigenvalue weighted by atomic mass is 16.5. The van der Waals surface area contributed by atoms with Gasteiger partial charge in [0, 0.05) is 6.42 Å². The van der Waals surface area contributed by atoms with Gasteiger partial charge in [-0.15, -0.1) is 0 Å². The number of hydrogen-bond acceptors (Lipinski definition) is 4. The van der Waals surface area contributed by atoms with E-state index in [4.69, 9.17) is 15.2 Å². The van der Waals surface area contributed by atoms with Crippen molar-refractivity contribution in [3.05, 3.63) is 29.8 Å². The number of benzene rings is 1. The van der Waals surface area contributed by atoms with Crippen molar-refractivity contribution < 1.29 is 14.3 Å². The Kier molecular flexibility index (Phi) is 6.69. The molecule has 1 rings (SSSR count). The zero-order valence-electron chi connectivity index (χ0n) is 13.5. The first-order valence-corrected chi connectivity index (χ1v) is 7.60. The zero-order valence-corrected chi connectivity index (χ0v) is 13.5. The summed E-state index contributed by atoms with van der Waals surface area (Å²) in [6.07, 6.45) is 1.47. The van der Waals surface area contributed by atoms with Gasteiger partial charge in [-0.3, -0.25) is 4.79 Å². The maximum atomic E-state index is 11.7. The fourth-order valence-corrected chi connectivity index (χ4v) is 2.01. The van der Waals surface area contributed by atoms with Gasteiger partial charge < -0.3 is 15.2 Å². The van der Waals surface area contributed by atoms with Crippen molar-refractivity contribution in [2.75, 3.05) is 13.2 Å². The van der Waals surface area contributed by atoms with Crippen molar-refractivity contribution >= 4 is 5.97 Å². The number of hydrogen-bond donors (Lipinski definition) is 1. The number of carbonyl (C=O) groups is 1. The molecule has 0 aliphatic carbocycles. The molecule has 118 valence electrons. The summed E-state index contributed by atoms with van der Waals surface area (Å²) in [5, 5.41) is 0. The van der Waals surface area contributed by atoms with Crippen LogP contribution in [0.15, 0.2) is 24.3 Å². The number of esters is 1. The van der Waals surface area contributed by atoms with E-state index in [9.17, 15) is 4.79 Å². The van der Waals surface area contributed by atoms with Gasteiger partial charge in [-0.25, -0.2) is 0 Å². The summed E-state index contributed by atoms with van der Waals surface area (Å²) in [5.41, 5.74) is 6.16. The normalized spacial score (nSPS) is 15.1. The van der Waals surface area contributed by atoms with E-state index in [0.29, 0.717) is 25.6 Å². The largest absolute Gasteiger partial charge is 0.493 e. The molecule has 0 aromatic heterocycles. The van der Waals surface area contributed by atoms with E-state index < -0.39 is 5.54 Å². The molecule has 21 heavy (non-hydrogen) atoms. The lowest BCUT2D eigenvalue weighted by Crippen LogP contribution is -2.47. The molecule has 0 saturated carbocycles. The molecule has 0 aliphatic heterocycles. The Hall–Kier alpha value is -1.55. The number of rotatable bonds is 8. The lowest BCUT2D eigenvalue weighted by Gasteiger charge is -2.23. The number of para-hydroxylation sites is 1. The molecule has 0 radical (unpaired) electrons. The first-order chi connectivity index (χ1) is 9.92. The van der Waals surface area contributed by atoms with Crippen LogP contribution >= 0.6 is 0 Å². The second kappa shape index (κ2) is 8.03. The molecule has 1 aromatic rings. The van der Waals surface area contributed by atoms with Gasteiger partial charge in [0.25, 0.3) is 0 Å². The van der Waals surface area contributed by atoms with Crippen molar-refractivity contribution in [1.29, 1.82) is 0 Å². The third-order valence-corrected chi connectivity index (χ3v) is 3.68. The smallest absolute Gasteiger partial charge is 0.325 e. The molecule has 0 heterocycles. The van der Waals surface area contributed by atoms with E-state index in [0.717, 1.165) is 12.2 Å². The summed E-state index contributed by atoms with van der Waals surface area (Å²) in [7, 11) is 0. The van der Waals surface area contributed by atoms with E-state index in [2.05, 4.69) is 19.9 Å². The Labute approximate surface area is 127 Å². The van der Waals surface area contributed by atoms with E-state index >= 15 is 0 Å². The van der Waals surface area contributed by atoms with Gasteiger partial charge in [-0.05, 0) is 37.8 Å². The van der Waals surface area contributed by atoms with Crippen LogP contribution in [-0.4, -0.2) is 24.7 Å². The minimum absolute atomic E-state index is 0.337. The van der Waals surface area contributed by atoms with E-state index in [1.54, 1.807) is 13.8 Å². The highest BCUT2D eigenvalue weighted by molar-refractivity contribution is 5.79. The van der Waals surface area contributed by atoms with Crippen LogP contribution in [0.1, 0.15) is 52.0 Å². The first-order valence-electron chi connectivity index (χ1n) is 7.60. The zero-order chi connectivity index (χ0) is 15.9. The minimum atomic E-state index is -1.01. The van der Waals surface area contributed by atoms with Crippen LogP contribution in [0.2, 0.25) is 0 Å². The summed E-state index contributed by atoms with van der Waals surface area (Å²) in [6.45, 7) is 8.50. The topological polar surface area (TPSA) is 61.5 Å². The SMILES string of the molecule is CCOC(=O)C(C)(N)CCOc1ccccc1C(C)CC. The van der Waals surface area contributed by atoms with Gasteiger partial charge >= 0.3 is 5.97 Å². The summed E-state index contributed by atoms with van der Waals surface area (Å²) < 4.78 is 10.8. The van der Waals surface area contributed by atoms with E-state index in [1.807, 2.05) is 18.2 Å². The Morgan fingerprint density at radius 3 is 2.62 bits per heavy atom. The van der Waals surface area contributed by atoms with Crippen molar-refractivity contribution in [3.63, 3.8) is 0 Å². The summed E-state index contributed by atoms with van der Waals surface area (Å²) >= 11 is 0. The maximum absolute atomic E-state index is 11.7. The van der Waals surface area contributed by atoms with Crippen LogP contribution in [0.25, 0.3) is 0 Å². The van der Waals surface area contributed by atoms with E-state index in [-0.39, 0.29) is 5.97 Å². The standard InChI is InChI=1S/C17H27NO3/c1-5-13(3)14-9-7-8-10-15(14)21-12-11-17(4,18)16(19)20-6-2/h7-10,13H,5-6,11-12,18H2,1-4H3. The molecule has 0 aliphatic rings. The van der Waals surface area contributed by atoms with Gasteiger partial charge in [0.1, 0.15) is 11.3 Å². The number of carbonyl (C=O) groups excluding carboxylic acids is 1. The molecular weight excluding hydrogens is 266 g/mol.